The first kappa shape index (κ1) is 22.3. The van der Waals surface area contributed by atoms with Gasteiger partial charge in [0.2, 0.25) is 0 Å². The van der Waals surface area contributed by atoms with Crippen LogP contribution in [0.5, 0.6) is 5.75 Å². The Hall–Kier alpha value is -3.40. The second-order valence-corrected chi connectivity index (χ2v) is 8.51. The number of carbonyl (C=O) groups is 2. The quantitative estimate of drug-likeness (QED) is 0.615. The number of carbonyl (C=O) groups excluding carboxylic acids is 1. The van der Waals surface area contributed by atoms with Crippen molar-refractivity contribution in [2.75, 3.05) is 0 Å². The van der Waals surface area contributed by atoms with Crippen molar-refractivity contribution in [3.05, 3.63) is 93.6 Å². The minimum atomic E-state index is -1.02. The molecule has 0 bridgehead atoms. The Labute approximate surface area is 183 Å². The van der Waals surface area contributed by atoms with Crippen LogP contribution in [0.1, 0.15) is 67.6 Å². The molecule has 0 radical (unpaired) electrons. The van der Waals surface area contributed by atoms with Crippen LogP contribution in [0.2, 0.25) is 0 Å². The van der Waals surface area contributed by atoms with Crippen molar-refractivity contribution < 1.29 is 19.8 Å². The molecule has 4 heteroatoms. The van der Waals surface area contributed by atoms with Crippen molar-refractivity contribution in [2.45, 2.75) is 40.5 Å². The molecule has 2 aromatic rings. The Balaban J connectivity index is 2.44. The normalized spacial score (nSPS) is 15.8. The van der Waals surface area contributed by atoms with Gasteiger partial charge in [-0.3, -0.25) is 4.79 Å². The first-order valence-electron chi connectivity index (χ1n) is 10.5. The highest BCUT2D eigenvalue weighted by Crippen LogP contribution is 2.38. The molecule has 0 aromatic heterocycles. The van der Waals surface area contributed by atoms with Crippen LogP contribution in [-0.2, 0) is 4.79 Å². The summed E-state index contributed by atoms with van der Waals surface area (Å²) in [6.07, 6.45) is 3.51. The molecule has 0 aliphatic heterocycles. The summed E-state index contributed by atoms with van der Waals surface area (Å²) in [6.45, 7) is 9.81. The molecule has 4 nitrogen and oxygen atoms in total. The number of carboxylic acid groups (broad SMARTS) is 1. The summed E-state index contributed by atoms with van der Waals surface area (Å²) in [5, 5.41) is 20.2. The zero-order valence-corrected chi connectivity index (χ0v) is 18.6. The number of ketones is 1. The van der Waals surface area contributed by atoms with Crippen LogP contribution in [0.25, 0.3) is 5.57 Å². The van der Waals surface area contributed by atoms with E-state index in [1.165, 1.54) is 0 Å². The minimum Gasteiger partial charge on any atom is -0.508 e. The van der Waals surface area contributed by atoms with Crippen LogP contribution in [-0.4, -0.2) is 22.0 Å². The number of hydrogen-bond donors (Lipinski definition) is 2. The third kappa shape index (κ3) is 4.38. The van der Waals surface area contributed by atoms with E-state index >= 15 is 0 Å². The molecule has 0 amide bonds. The fourth-order valence-electron chi connectivity index (χ4n) is 3.93. The number of phenolic OH excluding ortho intramolecular Hbond substituents is 1. The van der Waals surface area contributed by atoms with E-state index in [9.17, 15) is 19.8 Å². The van der Waals surface area contributed by atoms with Crippen LogP contribution in [0, 0.1) is 5.92 Å². The van der Waals surface area contributed by atoms with E-state index in [0.29, 0.717) is 11.1 Å². The second kappa shape index (κ2) is 8.76. The molecule has 0 unspecified atom stereocenters. The van der Waals surface area contributed by atoms with Crippen LogP contribution < -0.4 is 0 Å². The van der Waals surface area contributed by atoms with Crippen molar-refractivity contribution in [3.8, 4) is 5.75 Å². The number of benzene rings is 2. The van der Waals surface area contributed by atoms with E-state index in [-0.39, 0.29) is 28.9 Å². The topological polar surface area (TPSA) is 74.6 Å². The molecular weight excluding hydrogens is 388 g/mol. The number of rotatable bonds is 5. The van der Waals surface area contributed by atoms with E-state index in [2.05, 4.69) is 0 Å². The monoisotopic (exact) mass is 416 g/mol. The largest absolute Gasteiger partial charge is 0.508 e. The Morgan fingerprint density at radius 1 is 0.903 bits per heavy atom. The maximum atomic E-state index is 12.6. The van der Waals surface area contributed by atoms with Gasteiger partial charge in [-0.25, -0.2) is 4.79 Å². The number of allylic oxidation sites excluding steroid dienone is 5. The molecule has 31 heavy (non-hydrogen) atoms. The Bertz CT molecular complexity index is 1140. The van der Waals surface area contributed by atoms with Crippen LogP contribution in [0.15, 0.2) is 71.3 Å². The molecule has 160 valence electrons. The molecule has 0 atom stereocenters. The minimum absolute atomic E-state index is 0.0179. The van der Waals surface area contributed by atoms with Gasteiger partial charge in [0.1, 0.15) is 5.75 Å². The molecule has 1 aliphatic rings. The lowest BCUT2D eigenvalue weighted by molar-refractivity contribution is -0.111. The molecular formula is C27H28O4. The van der Waals surface area contributed by atoms with Gasteiger partial charge in [0, 0.05) is 5.57 Å². The SMILES string of the molecule is CC1=CC(=O)C(C(C)C)=C/C1=C(\c1ccc(O)c(C(C)C)c1)c1ccccc1C(=O)O. The summed E-state index contributed by atoms with van der Waals surface area (Å²) < 4.78 is 0. The molecule has 3 rings (SSSR count). The average Bonchev–Trinajstić information content (AvgIpc) is 2.70. The van der Waals surface area contributed by atoms with Crippen molar-refractivity contribution in [1.29, 1.82) is 0 Å². The smallest absolute Gasteiger partial charge is 0.336 e. The van der Waals surface area contributed by atoms with Crippen molar-refractivity contribution in [1.82, 2.24) is 0 Å². The van der Waals surface area contributed by atoms with Crippen LogP contribution >= 0.6 is 0 Å². The molecule has 0 saturated heterocycles. The van der Waals surface area contributed by atoms with Gasteiger partial charge >= 0.3 is 5.97 Å². The lowest BCUT2D eigenvalue weighted by Gasteiger charge is -2.22. The lowest BCUT2D eigenvalue weighted by Crippen LogP contribution is -2.13. The van der Waals surface area contributed by atoms with Gasteiger partial charge in [0.05, 0.1) is 5.56 Å². The number of carboxylic acids is 1. The summed E-state index contributed by atoms with van der Waals surface area (Å²) in [4.78, 5) is 24.6. The maximum Gasteiger partial charge on any atom is 0.336 e. The van der Waals surface area contributed by atoms with Gasteiger partial charge in [-0.15, -0.1) is 0 Å². The Morgan fingerprint density at radius 3 is 2.13 bits per heavy atom. The van der Waals surface area contributed by atoms with Crippen molar-refractivity contribution >= 4 is 17.3 Å². The molecule has 2 N–H and O–H groups in total. The third-order valence-electron chi connectivity index (χ3n) is 5.61. The molecule has 1 aliphatic carbocycles. The zero-order valence-electron chi connectivity index (χ0n) is 18.6. The van der Waals surface area contributed by atoms with E-state index in [0.717, 1.165) is 27.8 Å². The van der Waals surface area contributed by atoms with Gasteiger partial charge in [0.25, 0.3) is 0 Å². The van der Waals surface area contributed by atoms with Gasteiger partial charge in [-0.1, -0.05) is 52.0 Å². The molecule has 0 fully saturated rings. The fraction of sp³-hybridized carbons (Fsp3) is 0.259. The van der Waals surface area contributed by atoms with E-state index in [1.54, 1.807) is 36.4 Å². The number of aromatic carboxylic acids is 1. The fourth-order valence-corrected chi connectivity index (χ4v) is 3.93. The lowest BCUT2D eigenvalue weighted by atomic mass is 9.81. The molecule has 0 saturated carbocycles. The second-order valence-electron chi connectivity index (χ2n) is 8.51. The molecule has 0 heterocycles. The van der Waals surface area contributed by atoms with Crippen LogP contribution in [0.3, 0.4) is 0 Å². The van der Waals surface area contributed by atoms with Gasteiger partial charge in [-0.05, 0) is 82.5 Å². The number of phenols is 1. The summed E-state index contributed by atoms with van der Waals surface area (Å²) >= 11 is 0. The third-order valence-corrected chi connectivity index (χ3v) is 5.61. The van der Waals surface area contributed by atoms with Crippen LogP contribution in [0.4, 0.5) is 0 Å². The van der Waals surface area contributed by atoms with Gasteiger partial charge < -0.3 is 10.2 Å². The standard InChI is InChI=1S/C27H28O4/c1-15(2)21-13-18(10-11-24(21)28)26(19-8-6-7-9-20(19)27(30)31)23-14-22(16(3)4)25(29)12-17(23)5/h6-16,28H,1-5H3,(H,30,31)/b26-23-. The average molecular weight is 417 g/mol. The first-order chi connectivity index (χ1) is 14.6. The highest BCUT2D eigenvalue weighted by Gasteiger charge is 2.24. The highest BCUT2D eigenvalue weighted by molar-refractivity contribution is 6.09. The maximum absolute atomic E-state index is 12.6. The van der Waals surface area contributed by atoms with E-state index in [4.69, 9.17) is 0 Å². The Morgan fingerprint density at radius 2 is 1.55 bits per heavy atom. The summed E-state index contributed by atoms with van der Waals surface area (Å²) in [5.41, 5.74) is 5.37. The number of hydrogen-bond acceptors (Lipinski definition) is 3. The predicted molar refractivity (Wildman–Crippen MR) is 123 cm³/mol. The highest BCUT2D eigenvalue weighted by atomic mass is 16.4. The Kier molecular flexibility index (Phi) is 6.30. The van der Waals surface area contributed by atoms with Gasteiger partial charge in [0.15, 0.2) is 5.78 Å². The van der Waals surface area contributed by atoms with E-state index in [1.807, 2.05) is 52.8 Å². The van der Waals surface area contributed by atoms with Gasteiger partial charge in [-0.2, -0.15) is 0 Å². The first-order valence-corrected chi connectivity index (χ1v) is 10.5. The van der Waals surface area contributed by atoms with Crippen molar-refractivity contribution in [3.63, 3.8) is 0 Å². The van der Waals surface area contributed by atoms with E-state index < -0.39 is 5.97 Å². The predicted octanol–water partition coefficient (Wildman–Crippen LogP) is 6.13. The summed E-state index contributed by atoms with van der Waals surface area (Å²) in [6, 6.07) is 12.2. The summed E-state index contributed by atoms with van der Waals surface area (Å²) in [5.74, 6) is -0.700. The van der Waals surface area contributed by atoms with Crippen molar-refractivity contribution in [2.24, 2.45) is 5.92 Å². The summed E-state index contributed by atoms with van der Waals surface area (Å²) in [7, 11) is 0. The molecule has 0 spiro atoms. The molecule has 2 aromatic carbocycles. The zero-order chi connectivity index (χ0) is 22.9. The number of aromatic hydroxyl groups is 1.